The van der Waals surface area contributed by atoms with Gasteiger partial charge in [0.15, 0.2) is 0 Å². The second-order valence-electron chi connectivity index (χ2n) is 9.20. The van der Waals surface area contributed by atoms with Gasteiger partial charge in [0.1, 0.15) is 5.82 Å². The lowest BCUT2D eigenvalue weighted by atomic mass is 9.83. The molecule has 5 nitrogen and oxygen atoms in total. The van der Waals surface area contributed by atoms with Crippen molar-refractivity contribution in [1.29, 1.82) is 0 Å². The van der Waals surface area contributed by atoms with Gasteiger partial charge in [-0.15, -0.1) is 0 Å². The van der Waals surface area contributed by atoms with Crippen LogP contribution in [0.2, 0.25) is 0 Å². The number of carbonyl (C=O) groups is 2. The Kier molecular flexibility index (Phi) is 5.47. The summed E-state index contributed by atoms with van der Waals surface area (Å²) in [4.78, 5) is 34.0. The summed E-state index contributed by atoms with van der Waals surface area (Å²) in [7, 11) is 0. The van der Waals surface area contributed by atoms with E-state index in [1.165, 1.54) is 6.07 Å². The molecule has 6 heteroatoms. The van der Waals surface area contributed by atoms with Gasteiger partial charge in [0, 0.05) is 56.2 Å². The molecule has 0 radical (unpaired) electrons. The van der Waals surface area contributed by atoms with Gasteiger partial charge in [-0.1, -0.05) is 18.6 Å². The molecule has 3 heterocycles. The maximum atomic E-state index is 14.0. The molecule has 2 amide bonds. The SMILES string of the molecule is O=C(CCc1ccncc1)N1C[C@H]2CN(C(=O)C3CCC3)[C@H](c3cccc(F)c3)[C@H]2C1. The Hall–Kier alpha value is -2.76. The average molecular weight is 422 g/mol. The largest absolute Gasteiger partial charge is 0.342 e. The third-order valence-corrected chi connectivity index (χ3v) is 7.32. The zero-order chi connectivity index (χ0) is 21.4. The van der Waals surface area contributed by atoms with Crippen LogP contribution in [0.4, 0.5) is 4.39 Å². The molecule has 3 fully saturated rings. The molecule has 2 aromatic rings. The third kappa shape index (κ3) is 3.95. The quantitative estimate of drug-likeness (QED) is 0.741. The number of nitrogens with zero attached hydrogens (tertiary/aromatic N) is 3. The van der Waals surface area contributed by atoms with Crippen LogP contribution in [0.5, 0.6) is 0 Å². The number of pyridine rings is 1. The average Bonchev–Trinajstić information content (AvgIpc) is 3.29. The molecule has 1 saturated carbocycles. The number of aryl methyl sites for hydroxylation is 1. The second kappa shape index (κ2) is 8.40. The molecule has 162 valence electrons. The van der Waals surface area contributed by atoms with E-state index in [2.05, 4.69) is 4.98 Å². The number of rotatable bonds is 5. The fourth-order valence-corrected chi connectivity index (χ4v) is 5.44. The fourth-order valence-electron chi connectivity index (χ4n) is 5.44. The Morgan fingerprint density at radius 1 is 1.06 bits per heavy atom. The minimum Gasteiger partial charge on any atom is -0.342 e. The lowest BCUT2D eigenvalue weighted by molar-refractivity contribution is -0.140. The lowest BCUT2D eigenvalue weighted by Crippen LogP contribution is -2.41. The molecule has 31 heavy (non-hydrogen) atoms. The number of benzene rings is 1. The number of carbonyl (C=O) groups excluding carboxylic acids is 2. The fraction of sp³-hybridized carbons (Fsp3) is 0.480. The Balaban J connectivity index is 1.31. The van der Waals surface area contributed by atoms with E-state index in [4.69, 9.17) is 0 Å². The van der Waals surface area contributed by atoms with E-state index in [1.54, 1.807) is 24.5 Å². The van der Waals surface area contributed by atoms with Gasteiger partial charge in [0.25, 0.3) is 0 Å². The summed E-state index contributed by atoms with van der Waals surface area (Å²) in [6, 6.07) is 10.4. The van der Waals surface area contributed by atoms with Crippen molar-refractivity contribution < 1.29 is 14.0 Å². The summed E-state index contributed by atoms with van der Waals surface area (Å²) in [5.74, 6) is 0.623. The van der Waals surface area contributed by atoms with E-state index in [0.717, 1.165) is 30.4 Å². The van der Waals surface area contributed by atoms with E-state index in [-0.39, 0.29) is 41.4 Å². The molecule has 1 aliphatic carbocycles. The van der Waals surface area contributed by atoms with Gasteiger partial charge in [-0.3, -0.25) is 14.6 Å². The highest BCUT2D eigenvalue weighted by molar-refractivity contribution is 5.81. The van der Waals surface area contributed by atoms with Crippen LogP contribution in [-0.4, -0.2) is 46.2 Å². The number of aromatic nitrogens is 1. The predicted octanol–water partition coefficient (Wildman–Crippen LogP) is 3.61. The van der Waals surface area contributed by atoms with Crippen molar-refractivity contribution >= 4 is 11.8 Å². The van der Waals surface area contributed by atoms with Crippen molar-refractivity contribution in [3.05, 3.63) is 65.7 Å². The molecule has 5 rings (SSSR count). The maximum Gasteiger partial charge on any atom is 0.226 e. The molecule has 2 aliphatic heterocycles. The van der Waals surface area contributed by atoms with Crippen molar-refractivity contribution in [2.24, 2.45) is 17.8 Å². The van der Waals surface area contributed by atoms with Gasteiger partial charge in [-0.05, 0) is 54.7 Å². The molecule has 0 spiro atoms. The van der Waals surface area contributed by atoms with Crippen molar-refractivity contribution in [3.8, 4) is 0 Å². The zero-order valence-corrected chi connectivity index (χ0v) is 17.6. The molecular weight excluding hydrogens is 393 g/mol. The number of hydrogen-bond acceptors (Lipinski definition) is 3. The summed E-state index contributed by atoms with van der Waals surface area (Å²) < 4.78 is 14.0. The van der Waals surface area contributed by atoms with E-state index in [9.17, 15) is 14.0 Å². The minimum absolute atomic E-state index is 0.119. The first-order valence-corrected chi connectivity index (χ1v) is 11.3. The Morgan fingerprint density at radius 2 is 1.87 bits per heavy atom. The molecule has 3 aliphatic rings. The summed E-state index contributed by atoms with van der Waals surface area (Å²) >= 11 is 0. The van der Waals surface area contributed by atoms with Gasteiger partial charge in [0.2, 0.25) is 11.8 Å². The van der Waals surface area contributed by atoms with E-state index >= 15 is 0 Å². The normalized spacial score (nSPS) is 25.4. The van der Waals surface area contributed by atoms with E-state index < -0.39 is 0 Å². The van der Waals surface area contributed by atoms with Crippen LogP contribution in [-0.2, 0) is 16.0 Å². The van der Waals surface area contributed by atoms with Crippen molar-refractivity contribution in [3.63, 3.8) is 0 Å². The molecule has 0 unspecified atom stereocenters. The highest BCUT2D eigenvalue weighted by Crippen LogP contribution is 2.47. The van der Waals surface area contributed by atoms with Gasteiger partial charge >= 0.3 is 0 Å². The second-order valence-corrected chi connectivity index (χ2v) is 9.20. The summed E-state index contributed by atoms with van der Waals surface area (Å²) in [6.07, 6.45) is 7.70. The number of hydrogen-bond donors (Lipinski definition) is 0. The van der Waals surface area contributed by atoms with Crippen LogP contribution < -0.4 is 0 Å². The van der Waals surface area contributed by atoms with Crippen LogP contribution in [0, 0.1) is 23.6 Å². The van der Waals surface area contributed by atoms with Crippen molar-refractivity contribution in [2.45, 2.75) is 38.1 Å². The summed E-state index contributed by atoms with van der Waals surface area (Å²) in [5, 5.41) is 0. The molecule has 1 aromatic heterocycles. The number of fused-ring (bicyclic) bond motifs is 1. The molecule has 2 saturated heterocycles. The molecule has 0 bridgehead atoms. The first-order chi connectivity index (χ1) is 15.1. The van der Waals surface area contributed by atoms with Gasteiger partial charge in [-0.2, -0.15) is 0 Å². The molecule has 1 aromatic carbocycles. The van der Waals surface area contributed by atoms with Crippen LogP contribution >= 0.6 is 0 Å². The lowest BCUT2D eigenvalue weighted by Gasteiger charge is -2.35. The van der Waals surface area contributed by atoms with E-state index in [0.29, 0.717) is 32.5 Å². The Morgan fingerprint density at radius 3 is 2.58 bits per heavy atom. The first kappa shape index (κ1) is 20.2. The maximum absolute atomic E-state index is 14.0. The molecule has 0 N–H and O–H groups in total. The monoisotopic (exact) mass is 421 g/mol. The van der Waals surface area contributed by atoms with Crippen LogP contribution in [0.1, 0.15) is 42.9 Å². The summed E-state index contributed by atoms with van der Waals surface area (Å²) in [5.41, 5.74) is 1.96. The van der Waals surface area contributed by atoms with Gasteiger partial charge in [0.05, 0.1) is 6.04 Å². The predicted molar refractivity (Wildman–Crippen MR) is 114 cm³/mol. The molecule has 3 atom stereocenters. The highest BCUT2D eigenvalue weighted by atomic mass is 19.1. The number of amides is 2. The number of halogens is 1. The smallest absolute Gasteiger partial charge is 0.226 e. The van der Waals surface area contributed by atoms with Crippen LogP contribution in [0.15, 0.2) is 48.8 Å². The minimum atomic E-state index is -0.278. The zero-order valence-electron chi connectivity index (χ0n) is 17.6. The number of likely N-dealkylation sites (tertiary alicyclic amines) is 2. The third-order valence-electron chi connectivity index (χ3n) is 7.32. The van der Waals surface area contributed by atoms with Crippen LogP contribution in [0.25, 0.3) is 0 Å². The van der Waals surface area contributed by atoms with Gasteiger partial charge < -0.3 is 9.80 Å². The highest BCUT2D eigenvalue weighted by Gasteiger charge is 2.51. The topological polar surface area (TPSA) is 53.5 Å². The Bertz CT molecular complexity index is 962. The van der Waals surface area contributed by atoms with Crippen LogP contribution in [0.3, 0.4) is 0 Å². The molecular formula is C25H28FN3O2. The Labute approximate surface area is 182 Å². The van der Waals surface area contributed by atoms with E-state index in [1.807, 2.05) is 28.0 Å². The standard InChI is InChI=1S/C25H28FN3O2/c26-21-6-2-5-19(13-21)24-22-16-28(23(30)8-7-17-9-11-27-12-10-17)14-20(22)15-29(24)25(31)18-3-1-4-18/h2,5-6,9-13,18,20,22,24H,1,3-4,7-8,14-16H2/t20-,22-,24+/m0/s1. The first-order valence-electron chi connectivity index (χ1n) is 11.3. The van der Waals surface area contributed by atoms with Gasteiger partial charge in [-0.25, -0.2) is 4.39 Å². The van der Waals surface area contributed by atoms with Crippen molar-refractivity contribution in [1.82, 2.24) is 14.8 Å². The summed E-state index contributed by atoms with van der Waals surface area (Å²) in [6.45, 7) is 1.98. The van der Waals surface area contributed by atoms with Crippen molar-refractivity contribution in [2.75, 3.05) is 19.6 Å².